The van der Waals surface area contributed by atoms with E-state index in [0.717, 1.165) is 47.0 Å². The molecule has 1 saturated carbocycles. The Labute approximate surface area is 212 Å². The van der Waals surface area contributed by atoms with E-state index in [2.05, 4.69) is 15.9 Å². The van der Waals surface area contributed by atoms with Gasteiger partial charge in [0.2, 0.25) is 0 Å². The molecule has 1 amide bonds. The van der Waals surface area contributed by atoms with Crippen LogP contribution in [0.5, 0.6) is 0 Å². The molecule has 0 spiro atoms. The molecule has 2 aromatic carbocycles. The highest BCUT2D eigenvalue weighted by Crippen LogP contribution is 2.35. The maximum atomic E-state index is 13.7. The van der Waals surface area contributed by atoms with Gasteiger partial charge in [0.25, 0.3) is 5.91 Å². The van der Waals surface area contributed by atoms with Gasteiger partial charge in [0.1, 0.15) is 0 Å². The van der Waals surface area contributed by atoms with Crippen molar-refractivity contribution in [2.24, 2.45) is 0 Å². The van der Waals surface area contributed by atoms with Crippen LogP contribution in [0.3, 0.4) is 0 Å². The molecule has 0 radical (unpaired) electrons. The number of methoxy groups -OCH3 is 1. The standard InChI is InChI=1S/C25H26BrCl2N3O2/c1-30(19-6-4-3-5-7-19)25(32)23-20(15-33-2)24(16-8-10-17(26)11-9-16)31(29-23)22-13-12-18(27)14-21(22)28/h8-14,19H,3-7,15H2,1-2H3. The summed E-state index contributed by atoms with van der Waals surface area (Å²) < 4.78 is 8.24. The van der Waals surface area contributed by atoms with Crippen LogP contribution in [0.15, 0.2) is 46.9 Å². The molecule has 0 bridgehead atoms. The first-order valence-corrected chi connectivity index (χ1v) is 12.5. The molecule has 0 unspecified atom stereocenters. The van der Waals surface area contributed by atoms with E-state index in [1.54, 1.807) is 23.9 Å². The minimum absolute atomic E-state index is 0.101. The fraction of sp³-hybridized carbons (Fsp3) is 0.360. The highest BCUT2D eigenvalue weighted by atomic mass is 79.9. The van der Waals surface area contributed by atoms with Gasteiger partial charge in [0.15, 0.2) is 5.69 Å². The summed E-state index contributed by atoms with van der Waals surface area (Å²) in [5.41, 5.74) is 3.44. The number of aromatic nitrogens is 2. The predicted molar refractivity (Wildman–Crippen MR) is 136 cm³/mol. The third-order valence-electron chi connectivity index (χ3n) is 6.17. The van der Waals surface area contributed by atoms with Crippen LogP contribution in [0.1, 0.15) is 48.2 Å². The van der Waals surface area contributed by atoms with E-state index in [1.165, 1.54) is 6.42 Å². The van der Waals surface area contributed by atoms with Crippen molar-refractivity contribution in [3.05, 3.63) is 68.2 Å². The molecular formula is C25H26BrCl2N3O2. The van der Waals surface area contributed by atoms with Gasteiger partial charge in [-0.05, 0) is 43.2 Å². The first-order valence-electron chi connectivity index (χ1n) is 11.0. The quantitative estimate of drug-likeness (QED) is 0.327. The number of benzene rings is 2. The van der Waals surface area contributed by atoms with Gasteiger partial charge in [-0.2, -0.15) is 5.10 Å². The normalized spacial score (nSPS) is 14.5. The summed E-state index contributed by atoms with van der Waals surface area (Å²) in [4.78, 5) is 15.5. The smallest absolute Gasteiger partial charge is 0.274 e. The highest BCUT2D eigenvalue weighted by Gasteiger charge is 2.30. The SMILES string of the molecule is COCc1c(C(=O)N(C)C2CCCCC2)nn(-c2ccc(Cl)cc2Cl)c1-c1ccc(Br)cc1. The third-order valence-corrected chi connectivity index (χ3v) is 7.24. The van der Waals surface area contributed by atoms with E-state index < -0.39 is 0 Å². The topological polar surface area (TPSA) is 47.4 Å². The summed E-state index contributed by atoms with van der Waals surface area (Å²) in [7, 11) is 3.50. The van der Waals surface area contributed by atoms with Gasteiger partial charge in [0, 0.05) is 40.8 Å². The van der Waals surface area contributed by atoms with Crippen LogP contribution in [0, 0.1) is 0 Å². The lowest BCUT2D eigenvalue weighted by Crippen LogP contribution is -2.38. The zero-order chi connectivity index (χ0) is 23.5. The number of halogens is 3. The van der Waals surface area contributed by atoms with Gasteiger partial charge < -0.3 is 9.64 Å². The number of ether oxygens (including phenoxy) is 1. The largest absolute Gasteiger partial charge is 0.380 e. The fourth-order valence-electron chi connectivity index (χ4n) is 4.44. The van der Waals surface area contributed by atoms with Crippen LogP contribution in [0.25, 0.3) is 16.9 Å². The molecular weight excluding hydrogens is 525 g/mol. The van der Waals surface area contributed by atoms with Gasteiger partial charge >= 0.3 is 0 Å². The predicted octanol–water partition coefficient (Wildman–Crippen LogP) is 7.16. The lowest BCUT2D eigenvalue weighted by molar-refractivity contribution is 0.0685. The number of nitrogens with zero attached hydrogens (tertiary/aromatic N) is 3. The van der Waals surface area contributed by atoms with Crippen molar-refractivity contribution >= 4 is 45.0 Å². The first kappa shape index (κ1) is 24.3. The molecule has 1 aliphatic carbocycles. The second kappa shape index (κ2) is 10.6. The Morgan fingerprint density at radius 1 is 1.15 bits per heavy atom. The molecule has 0 N–H and O–H groups in total. The lowest BCUT2D eigenvalue weighted by Gasteiger charge is -2.31. The third kappa shape index (κ3) is 5.14. The van der Waals surface area contributed by atoms with Crippen LogP contribution in [0.4, 0.5) is 0 Å². The minimum atomic E-state index is -0.101. The van der Waals surface area contributed by atoms with Gasteiger partial charge in [-0.3, -0.25) is 4.79 Å². The van der Waals surface area contributed by atoms with Crippen LogP contribution in [-0.4, -0.2) is 40.8 Å². The van der Waals surface area contributed by atoms with Crippen molar-refractivity contribution in [3.8, 4) is 16.9 Å². The minimum Gasteiger partial charge on any atom is -0.380 e. The molecule has 4 rings (SSSR count). The molecule has 1 aromatic heterocycles. The van der Waals surface area contributed by atoms with E-state index in [4.69, 9.17) is 33.0 Å². The molecule has 0 atom stereocenters. The Morgan fingerprint density at radius 2 is 1.85 bits per heavy atom. The molecule has 1 aliphatic rings. The van der Waals surface area contributed by atoms with E-state index in [0.29, 0.717) is 21.4 Å². The molecule has 33 heavy (non-hydrogen) atoms. The van der Waals surface area contributed by atoms with E-state index in [-0.39, 0.29) is 18.6 Å². The Balaban J connectivity index is 1.89. The number of carbonyl (C=O) groups excluding carboxylic acids is 1. The van der Waals surface area contributed by atoms with Crippen LogP contribution in [-0.2, 0) is 11.3 Å². The first-order chi connectivity index (χ1) is 15.9. The molecule has 3 aromatic rings. The number of amides is 1. The summed E-state index contributed by atoms with van der Waals surface area (Å²) in [5.74, 6) is -0.101. The van der Waals surface area contributed by atoms with Gasteiger partial charge in [0.05, 0.1) is 23.0 Å². The van der Waals surface area contributed by atoms with E-state index >= 15 is 0 Å². The van der Waals surface area contributed by atoms with Gasteiger partial charge in [-0.1, -0.05) is 70.5 Å². The average Bonchev–Trinajstić information content (AvgIpc) is 3.18. The monoisotopic (exact) mass is 549 g/mol. The van der Waals surface area contributed by atoms with E-state index in [9.17, 15) is 4.79 Å². The van der Waals surface area contributed by atoms with Crippen molar-refractivity contribution in [3.63, 3.8) is 0 Å². The summed E-state index contributed by atoms with van der Waals surface area (Å²) >= 11 is 16.2. The zero-order valence-corrected chi connectivity index (χ0v) is 21.8. The fourth-order valence-corrected chi connectivity index (χ4v) is 5.19. The average molecular weight is 551 g/mol. The Kier molecular flexibility index (Phi) is 7.80. The molecule has 1 heterocycles. The van der Waals surface area contributed by atoms with Crippen molar-refractivity contribution in [2.45, 2.75) is 44.8 Å². The second-order valence-electron chi connectivity index (χ2n) is 8.33. The summed E-state index contributed by atoms with van der Waals surface area (Å²) in [5, 5.41) is 5.80. The number of carbonyl (C=O) groups is 1. The van der Waals surface area contributed by atoms with E-state index in [1.807, 2.05) is 42.3 Å². The number of hydrogen-bond acceptors (Lipinski definition) is 3. The van der Waals surface area contributed by atoms with Crippen molar-refractivity contribution in [1.82, 2.24) is 14.7 Å². The maximum absolute atomic E-state index is 13.7. The van der Waals surface area contributed by atoms with Crippen LogP contribution < -0.4 is 0 Å². The Bertz CT molecular complexity index is 1140. The highest BCUT2D eigenvalue weighted by molar-refractivity contribution is 9.10. The summed E-state index contributed by atoms with van der Waals surface area (Å²) in [6.45, 7) is 0.246. The van der Waals surface area contributed by atoms with Gasteiger partial charge in [-0.15, -0.1) is 0 Å². The summed E-state index contributed by atoms with van der Waals surface area (Å²) in [6, 6.07) is 13.4. The van der Waals surface area contributed by atoms with Gasteiger partial charge in [-0.25, -0.2) is 4.68 Å². The molecule has 174 valence electrons. The second-order valence-corrected chi connectivity index (χ2v) is 10.1. The molecule has 1 fully saturated rings. The van der Waals surface area contributed by atoms with Crippen LogP contribution in [0.2, 0.25) is 10.0 Å². The van der Waals surface area contributed by atoms with Crippen molar-refractivity contribution in [1.29, 1.82) is 0 Å². The molecule has 8 heteroatoms. The van der Waals surface area contributed by atoms with Crippen molar-refractivity contribution < 1.29 is 9.53 Å². The Hall–Kier alpha value is -1.86. The maximum Gasteiger partial charge on any atom is 0.274 e. The molecule has 0 saturated heterocycles. The van der Waals surface area contributed by atoms with Crippen molar-refractivity contribution in [2.75, 3.05) is 14.2 Å². The molecule has 5 nitrogen and oxygen atoms in total. The zero-order valence-electron chi connectivity index (χ0n) is 18.7. The number of rotatable bonds is 6. The number of hydrogen-bond donors (Lipinski definition) is 0. The Morgan fingerprint density at radius 3 is 2.48 bits per heavy atom. The van der Waals surface area contributed by atoms with Crippen LogP contribution >= 0.6 is 39.1 Å². The molecule has 0 aliphatic heterocycles. The lowest BCUT2D eigenvalue weighted by atomic mass is 9.94. The summed E-state index contributed by atoms with van der Waals surface area (Å²) in [6.07, 6.45) is 5.56.